The molecule has 0 heterocycles. The highest BCUT2D eigenvalue weighted by Gasteiger charge is 2.27. The van der Waals surface area contributed by atoms with Gasteiger partial charge in [0.25, 0.3) is 10.1 Å². The van der Waals surface area contributed by atoms with E-state index < -0.39 is 15.4 Å². The molecular formula is C10H11O3S. The van der Waals surface area contributed by atoms with E-state index in [0.29, 0.717) is 12.8 Å². The molecule has 0 saturated heterocycles. The SMILES string of the molecule is O=S(=O)(O)C1[CH]c2ccccc2CC1. The molecule has 0 fully saturated rings. The lowest BCUT2D eigenvalue weighted by molar-refractivity contribution is 0.467. The van der Waals surface area contributed by atoms with Crippen molar-refractivity contribution in [3.05, 3.63) is 41.8 Å². The maximum absolute atomic E-state index is 10.9. The summed E-state index contributed by atoms with van der Waals surface area (Å²) in [5, 5.41) is -0.739. The summed E-state index contributed by atoms with van der Waals surface area (Å²) < 4.78 is 30.7. The van der Waals surface area contributed by atoms with Crippen LogP contribution in [0.15, 0.2) is 24.3 Å². The molecule has 1 aromatic rings. The Morgan fingerprint density at radius 3 is 2.71 bits per heavy atom. The van der Waals surface area contributed by atoms with Crippen molar-refractivity contribution in [3.8, 4) is 0 Å². The fourth-order valence-corrected chi connectivity index (χ4v) is 2.48. The van der Waals surface area contributed by atoms with Gasteiger partial charge in [0, 0.05) is 6.42 Å². The number of hydrogen-bond acceptors (Lipinski definition) is 2. The van der Waals surface area contributed by atoms with Gasteiger partial charge in [0.2, 0.25) is 0 Å². The lowest BCUT2D eigenvalue weighted by Crippen LogP contribution is -2.26. The van der Waals surface area contributed by atoms with E-state index in [0.717, 1.165) is 11.1 Å². The van der Waals surface area contributed by atoms with E-state index in [4.69, 9.17) is 4.55 Å². The zero-order valence-electron chi connectivity index (χ0n) is 7.55. The van der Waals surface area contributed by atoms with Gasteiger partial charge in [-0.1, -0.05) is 24.3 Å². The molecule has 75 valence electrons. The number of rotatable bonds is 1. The summed E-state index contributed by atoms with van der Waals surface area (Å²) in [5.41, 5.74) is 2.06. The highest BCUT2D eigenvalue weighted by atomic mass is 32.2. The highest BCUT2D eigenvalue weighted by Crippen LogP contribution is 2.26. The van der Waals surface area contributed by atoms with Gasteiger partial charge in [0.05, 0.1) is 5.25 Å². The van der Waals surface area contributed by atoms with E-state index in [1.165, 1.54) is 0 Å². The van der Waals surface area contributed by atoms with Gasteiger partial charge < -0.3 is 0 Å². The lowest BCUT2D eigenvalue weighted by atomic mass is 9.92. The van der Waals surface area contributed by atoms with Crippen molar-refractivity contribution in [2.24, 2.45) is 0 Å². The smallest absolute Gasteiger partial charge is 0.268 e. The standard InChI is InChI=1S/C10H11O3S/c11-14(12,13)10-6-5-8-3-1-2-4-9(8)7-10/h1-4,7,10H,5-6H2,(H,11,12,13). The second-order valence-corrected chi connectivity index (χ2v) is 5.09. The molecule has 2 rings (SSSR count). The van der Waals surface area contributed by atoms with Crippen LogP contribution in [-0.2, 0) is 16.5 Å². The third kappa shape index (κ3) is 1.81. The third-order valence-electron chi connectivity index (χ3n) is 2.50. The van der Waals surface area contributed by atoms with Crippen molar-refractivity contribution in [3.63, 3.8) is 0 Å². The first-order valence-electron chi connectivity index (χ1n) is 4.46. The first kappa shape index (κ1) is 9.68. The maximum Gasteiger partial charge on any atom is 0.268 e. The molecule has 1 aliphatic carbocycles. The highest BCUT2D eigenvalue weighted by molar-refractivity contribution is 7.86. The third-order valence-corrected chi connectivity index (χ3v) is 3.64. The van der Waals surface area contributed by atoms with E-state index in [1.54, 1.807) is 6.42 Å². The van der Waals surface area contributed by atoms with Crippen molar-refractivity contribution in [2.75, 3.05) is 0 Å². The molecule has 14 heavy (non-hydrogen) atoms. The zero-order chi connectivity index (χ0) is 10.2. The topological polar surface area (TPSA) is 54.4 Å². The van der Waals surface area contributed by atoms with E-state index in [1.807, 2.05) is 24.3 Å². The Balaban J connectivity index is 2.30. The summed E-state index contributed by atoms with van der Waals surface area (Å²) >= 11 is 0. The molecule has 0 saturated carbocycles. The second kappa shape index (κ2) is 3.37. The molecule has 0 aliphatic heterocycles. The molecule has 1 unspecified atom stereocenters. The number of benzene rings is 1. The maximum atomic E-state index is 10.9. The van der Waals surface area contributed by atoms with Gasteiger partial charge in [-0.05, 0) is 24.0 Å². The van der Waals surface area contributed by atoms with E-state index >= 15 is 0 Å². The van der Waals surface area contributed by atoms with E-state index in [2.05, 4.69) is 0 Å². The predicted molar refractivity (Wildman–Crippen MR) is 53.5 cm³/mol. The molecule has 4 heteroatoms. The Labute approximate surface area is 83.5 Å². The number of aryl methyl sites for hydroxylation is 1. The van der Waals surface area contributed by atoms with Gasteiger partial charge in [-0.3, -0.25) is 4.55 Å². The predicted octanol–water partition coefficient (Wildman–Crippen LogP) is 1.44. The molecule has 1 aromatic carbocycles. The van der Waals surface area contributed by atoms with Crippen LogP contribution in [0.4, 0.5) is 0 Å². The fourth-order valence-electron chi connectivity index (χ4n) is 1.74. The van der Waals surface area contributed by atoms with Gasteiger partial charge in [-0.15, -0.1) is 0 Å². The van der Waals surface area contributed by atoms with Crippen LogP contribution >= 0.6 is 0 Å². The van der Waals surface area contributed by atoms with Crippen molar-refractivity contribution in [1.29, 1.82) is 0 Å². The lowest BCUT2D eigenvalue weighted by Gasteiger charge is -2.21. The molecule has 3 nitrogen and oxygen atoms in total. The van der Waals surface area contributed by atoms with Crippen LogP contribution in [-0.4, -0.2) is 18.2 Å². The largest absolute Gasteiger partial charge is 0.285 e. The first-order chi connectivity index (χ1) is 6.57. The van der Waals surface area contributed by atoms with Crippen molar-refractivity contribution in [2.45, 2.75) is 18.1 Å². The Morgan fingerprint density at radius 2 is 2.00 bits per heavy atom. The van der Waals surface area contributed by atoms with Crippen LogP contribution in [0.5, 0.6) is 0 Å². The van der Waals surface area contributed by atoms with Crippen molar-refractivity contribution >= 4 is 10.1 Å². The monoisotopic (exact) mass is 211 g/mol. The minimum atomic E-state index is -3.92. The first-order valence-corrected chi connectivity index (χ1v) is 5.97. The summed E-state index contributed by atoms with van der Waals surface area (Å²) in [6.07, 6.45) is 2.79. The molecule has 1 aliphatic rings. The number of fused-ring (bicyclic) bond motifs is 1. The average molecular weight is 211 g/mol. The second-order valence-electron chi connectivity index (χ2n) is 3.46. The molecule has 0 amide bonds. The summed E-state index contributed by atoms with van der Waals surface area (Å²) in [6.45, 7) is 0. The minimum absolute atomic E-state index is 0.468. The van der Waals surface area contributed by atoms with Crippen LogP contribution < -0.4 is 0 Å². The molecule has 0 bridgehead atoms. The summed E-state index contributed by atoms with van der Waals surface area (Å²) in [7, 11) is -3.92. The molecule has 0 aromatic heterocycles. The Bertz CT molecular complexity index is 436. The molecular weight excluding hydrogens is 200 g/mol. The van der Waals surface area contributed by atoms with Crippen LogP contribution in [0.3, 0.4) is 0 Å². The van der Waals surface area contributed by atoms with Gasteiger partial charge >= 0.3 is 0 Å². The van der Waals surface area contributed by atoms with Crippen molar-refractivity contribution < 1.29 is 13.0 Å². The van der Waals surface area contributed by atoms with E-state index in [9.17, 15) is 8.42 Å². The molecule has 0 spiro atoms. The molecule has 1 atom stereocenters. The fraction of sp³-hybridized carbons (Fsp3) is 0.300. The Kier molecular flexibility index (Phi) is 2.33. The van der Waals surface area contributed by atoms with Gasteiger partial charge in [0.1, 0.15) is 0 Å². The van der Waals surface area contributed by atoms with E-state index in [-0.39, 0.29) is 0 Å². The van der Waals surface area contributed by atoms with Crippen LogP contribution in [0.25, 0.3) is 0 Å². The number of hydrogen-bond donors (Lipinski definition) is 1. The average Bonchev–Trinajstić information content (AvgIpc) is 2.16. The minimum Gasteiger partial charge on any atom is -0.285 e. The van der Waals surface area contributed by atoms with Crippen LogP contribution in [0, 0.1) is 6.42 Å². The summed E-state index contributed by atoms with van der Waals surface area (Å²) in [4.78, 5) is 0. The Morgan fingerprint density at radius 1 is 1.29 bits per heavy atom. The summed E-state index contributed by atoms with van der Waals surface area (Å²) in [5.74, 6) is 0. The van der Waals surface area contributed by atoms with Gasteiger partial charge in [-0.25, -0.2) is 0 Å². The van der Waals surface area contributed by atoms with Crippen molar-refractivity contribution in [1.82, 2.24) is 0 Å². The molecule has 1 N–H and O–H groups in total. The zero-order valence-corrected chi connectivity index (χ0v) is 8.37. The van der Waals surface area contributed by atoms with Gasteiger partial charge in [0.15, 0.2) is 0 Å². The Hall–Kier alpha value is -0.870. The summed E-state index contributed by atoms with van der Waals surface area (Å²) in [6, 6.07) is 7.64. The normalized spacial score (nSPS) is 21.6. The van der Waals surface area contributed by atoms with Crippen LogP contribution in [0.1, 0.15) is 17.5 Å². The van der Waals surface area contributed by atoms with Crippen LogP contribution in [0.2, 0.25) is 0 Å². The molecule has 1 radical (unpaired) electrons. The van der Waals surface area contributed by atoms with Gasteiger partial charge in [-0.2, -0.15) is 8.42 Å². The quantitative estimate of drug-likeness (QED) is 0.715.